The van der Waals surface area contributed by atoms with Gasteiger partial charge in [-0.15, -0.1) is 0 Å². The highest BCUT2D eigenvalue weighted by Gasteiger charge is 2.12. The molecule has 1 aromatic carbocycles. The lowest BCUT2D eigenvalue weighted by molar-refractivity contribution is 0.257. The maximum Gasteiger partial charge on any atom is 0.203 e. The first-order chi connectivity index (χ1) is 8.08. The Morgan fingerprint density at radius 3 is 2.00 bits per heavy atom. The van der Waals surface area contributed by atoms with Crippen molar-refractivity contribution in [2.24, 2.45) is 5.92 Å². The van der Waals surface area contributed by atoms with E-state index in [4.69, 9.17) is 14.2 Å². The molecular weight excluding hydrogens is 216 g/mol. The number of ether oxygens (including phenoxy) is 3. The number of rotatable bonds is 6. The van der Waals surface area contributed by atoms with Crippen LogP contribution in [0.15, 0.2) is 12.1 Å². The van der Waals surface area contributed by atoms with Crippen LogP contribution in [0.3, 0.4) is 0 Å². The first-order valence-corrected chi connectivity index (χ1v) is 5.94. The van der Waals surface area contributed by atoms with Gasteiger partial charge in [0.2, 0.25) is 5.75 Å². The zero-order chi connectivity index (χ0) is 12.8. The van der Waals surface area contributed by atoms with Crippen molar-refractivity contribution in [3.8, 4) is 17.2 Å². The predicted molar refractivity (Wildman–Crippen MR) is 69.2 cm³/mol. The third-order valence-electron chi connectivity index (χ3n) is 2.55. The van der Waals surface area contributed by atoms with Gasteiger partial charge in [0, 0.05) is 0 Å². The summed E-state index contributed by atoms with van der Waals surface area (Å²) < 4.78 is 16.4. The molecule has 0 bridgehead atoms. The van der Waals surface area contributed by atoms with E-state index in [2.05, 4.69) is 13.8 Å². The summed E-state index contributed by atoms with van der Waals surface area (Å²) in [6.45, 7) is 7.02. The van der Waals surface area contributed by atoms with Gasteiger partial charge in [0.25, 0.3) is 0 Å². The summed E-state index contributed by atoms with van der Waals surface area (Å²) in [5.41, 5.74) is 1.09. The Labute approximate surface area is 104 Å². The van der Waals surface area contributed by atoms with Gasteiger partial charge < -0.3 is 14.2 Å². The van der Waals surface area contributed by atoms with Crippen LogP contribution in [0.4, 0.5) is 0 Å². The minimum absolute atomic E-state index is 0.623. The minimum Gasteiger partial charge on any atom is -0.493 e. The van der Waals surface area contributed by atoms with Gasteiger partial charge in [-0.3, -0.25) is 0 Å². The lowest BCUT2D eigenvalue weighted by Gasteiger charge is -2.15. The lowest BCUT2D eigenvalue weighted by Crippen LogP contribution is -2.04. The molecule has 0 saturated carbocycles. The molecule has 0 aromatic heterocycles. The smallest absolute Gasteiger partial charge is 0.203 e. The molecule has 1 rings (SSSR count). The summed E-state index contributed by atoms with van der Waals surface area (Å²) >= 11 is 0. The highest BCUT2D eigenvalue weighted by atomic mass is 16.5. The van der Waals surface area contributed by atoms with Crippen molar-refractivity contribution in [1.29, 1.82) is 0 Å². The fourth-order valence-corrected chi connectivity index (χ4v) is 1.55. The van der Waals surface area contributed by atoms with Gasteiger partial charge in [-0.1, -0.05) is 13.8 Å². The van der Waals surface area contributed by atoms with Crippen LogP contribution in [-0.4, -0.2) is 20.8 Å². The number of hydrogen-bond acceptors (Lipinski definition) is 3. The first-order valence-electron chi connectivity index (χ1n) is 5.94. The van der Waals surface area contributed by atoms with Crippen LogP contribution in [0.5, 0.6) is 17.2 Å². The molecule has 1 aromatic rings. The third kappa shape index (κ3) is 3.84. The molecule has 96 valence electrons. The summed E-state index contributed by atoms with van der Waals surface area (Å²) in [5.74, 6) is 2.77. The van der Waals surface area contributed by atoms with Gasteiger partial charge in [0.05, 0.1) is 20.8 Å². The van der Waals surface area contributed by atoms with Crippen LogP contribution in [-0.2, 0) is 0 Å². The molecule has 0 amide bonds. The normalized spacial score (nSPS) is 10.5. The Morgan fingerprint density at radius 2 is 1.59 bits per heavy atom. The Morgan fingerprint density at radius 1 is 1.06 bits per heavy atom. The molecule has 0 radical (unpaired) electrons. The van der Waals surface area contributed by atoms with Crippen LogP contribution in [0.1, 0.15) is 25.8 Å². The quantitative estimate of drug-likeness (QED) is 0.760. The van der Waals surface area contributed by atoms with Crippen molar-refractivity contribution < 1.29 is 14.2 Å². The topological polar surface area (TPSA) is 27.7 Å². The van der Waals surface area contributed by atoms with Gasteiger partial charge in [-0.05, 0) is 37.0 Å². The second-order valence-electron chi connectivity index (χ2n) is 4.53. The number of benzene rings is 1. The third-order valence-corrected chi connectivity index (χ3v) is 2.55. The number of methoxy groups -OCH3 is 2. The van der Waals surface area contributed by atoms with Crippen molar-refractivity contribution in [1.82, 2.24) is 0 Å². The first kappa shape index (κ1) is 13.7. The average Bonchev–Trinajstić information content (AvgIpc) is 2.29. The van der Waals surface area contributed by atoms with E-state index >= 15 is 0 Å². The molecule has 17 heavy (non-hydrogen) atoms. The van der Waals surface area contributed by atoms with Crippen molar-refractivity contribution in [3.05, 3.63) is 17.7 Å². The molecule has 0 spiro atoms. The van der Waals surface area contributed by atoms with E-state index in [9.17, 15) is 0 Å². The molecule has 0 atom stereocenters. The van der Waals surface area contributed by atoms with Gasteiger partial charge in [-0.25, -0.2) is 0 Å². The van der Waals surface area contributed by atoms with Crippen LogP contribution < -0.4 is 14.2 Å². The Hall–Kier alpha value is -1.38. The van der Waals surface area contributed by atoms with Gasteiger partial charge >= 0.3 is 0 Å². The fraction of sp³-hybridized carbons (Fsp3) is 0.571. The summed E-state index contributed by atoms with van der Waals surface area (Å²) in [6.07, 6.45) is 1.01. The summed E-state index contributed by atoms with van der Waals surface area (Å²) in [5, 5.41) is 0. The van der Waals surface area contributed by atoms with Gasteiger partial charge in [0.1, 0.15) is 0 Å². The second kappa shape index (κ2) is 6.38. The van der Waals surface area contributed by atoms with Crippen molar-refractivity contribution in [2.75, 3.05) is 20.8 Å². The number of hydrogen-bond donors (Lipinski definition) is 0. The van der Waals surface area contributed by atoms with Crippen molar-refractivity contribution in [3.63, 3.8) is 0 Å². The lowest BCUT2D eigenvalue weighted by atomic mass is 10.1. The van der Waals surface area contributed by atoms with E-state index in [0.29, 0.717) is 18.3 Å². The molecule has 0 N–H and O–H groups in total. The predicted octanol–water partition coefficient (Wildman–Crippen LogP) is 3.44. The standard InChI is InChI=1S/C14H22O3/c1-10(2)6-7-17-14-12(15-4)8-11(3)9-13(14)16-5/h8-10H,6-7H2,1-5H3. The van der Waals surface area contributed by atoms with E-state index in [1.54, 1.807) is 14.2 Å². The molecule has 0 unspecified atom stereocenters. The van der Waals surface area contributed by atoms with E-state index in [-0.39, 0.29) is 0 Å². The number of aryl methyl sites for hydroxylation is 1. The van der Waals surface area contributed by atoms with E-state index in [0.717, 1.165) is 23.5 Å². The highest BCUT2D eigenvalue weighted by molar-refractivity contribution is 5.53. The van der Waals surface area contributed by atoms with Crippen LogP contribution in [0, 0.1) is 12.8 Å². The maximum absolute atomic E-state index is 5.77. The zero-order valence-electron chi connectivity index (χ0n) is 11.4. The molecule has 0 aliphatic carbocycles. The monoisotopic (exact) mass is 238 g/mol. The molecule has 0 saturated heterocycles. The summed E-state index contributed by atoms with van der Waals surface area (Å²) in [4.78, 5) is 0. The van der Waals surface area contributed by atoms with Crippen LogP contribution in [0.25, 0.3) is 0 Å². The molecule has 0 aliphatic rings. The average molecular weight is 238 g/mol. The Balaban J connectivity index is 2.87. The minimum atomic E-state index is 0.623. The SMILES string of the molecule is COc1cc(C)cc(OC)c1OCCC(C)C. The maximum atomic E-state index is 5.77. The van der Waals surface area contributed by atoms with E-state index in [1.807, 2.05) is 19.1 Å². The van der Waals surface area contributed by atoms with Crippen molar-refractivity contribution >= 4 is 0 Å². The fourth-order valence-electron chi connectivity index (χ4n) is 1.55. The summed E-state index contributed by atoms with van der Waals surface area (Å²) in [7, 11) is 3.28. The van der Waals surface area contributed by atoms with E-state index in [1.165, 1.54) is 0 Å². The molecule has 3 heteroatoms. The van der Waals surface area contributed by atoms with Crippen molar-refractivity contribution in [2.45, 2.75) is 27.2 Å². The highest BCUT2D eigenvalue weighted by Crippen LogP contribution is 2.38. The van der Waals surface area contributed by atoms with Crippen LogP contribution >= 0.6 is 0 Å². The molecular formula is C14H22O3. The molecule has 0 aliphatic heterocycles. The summed E-state index contributed by atoms with van der Waals surface area (Å²) in [6, 6.07) is 3.90. The molecule has 0 fully saturated rings. The molecule has 3 nitrogen and oxygen atoms in total. The zero-order valence-corrected chi connectivity index (χ0v) is 11.4. The van der Waals surface area contributed by atoms with Gasteiger partial charge in [0.15, 0.2) is 11.5 Å². The largest absolute Gasteiger partial charge is 0.493 e. The molecule has 0 heterocycles. The van der Waals surface area contributed by atoms with Crippen LogP contribution in [0.2, 0.25) is 0 Å². The van der Waals surface area contributed by atoms with E-state index < -0.39 is 0 Å². The Bertz CT molecular complexity index is 333. The van der Waals surface area contributed by atoms with Gasteiger partial charge in [-0.2, -0.15) is 0 Å². The second-order valence-corrected chi connectivity index (χ2v) is 4.53. The Kier molecular flexibility index (Phi) is 5.13.